The van der Waals surface area contributed by atoms with E-state index in [-0.39, 0.29) is 0 Å². The fraction of sp³-hybridized carbons (Fsp3) is 0.444. The van der Waals surface area contributed by atoms with Gasteiger partial charge in [-0.3, -0.25) is 0 Å². The van der Waals surface area contributed by atoms with Crippen molar-refractivity contribution in [3.05, 3.63) is 36.4 Å². The molecule has 3 rings (SSSR count). The van der Waals surface area contributed by atoms with Crippen molar-refractivity contribution >= 4 is 10.8 Å². The Morgan fingerprint density at radius 2 is 1.85 bits per heavy atom. The third kappa shape index (κ3) is 2.74. The van der Waals surface area contributed by atoms with Gasteiger partial charge < -0.3 is 9.84 Å². The van der Waals surface area contributed by atoms with Gasteiger partial charge in [0.25, 0.3) is 0 Å². The first-order valence-corrected chi connectivity index (χ1v) is 7.65. The monoisotopic (exact) mass is 270 g/mol. The highest BCUT2D eigenvalue weighted by atomic mass is 16.5. The van der Waals surface area contributed by atoms with Gasteiger partial charge in [0.05, 0.1) is 0 Å². The number of hydrogen-bond acceptors (Lipinski definition) is 2. The minimum absolute atomic E-state index is 0.304. The summed E-state index contributed by atoms with van der Waals surface area (Å²) in [6.07, 6.45) is 6.61. The van der Waals surface area contributed by atoms with Gasteiger partial charge in [-0.25, -0.2) is 0 Å². The number of rotatable bonds is 3. The van der Waals surface area contributed by atoms with Gasteiger partial charge in [0.2, 0.25) is 0 Å². The van der Waals surface area contributed by atoms with E-state index in [1.54, 1.807) is 12.1 Å². The smallest absolute Gasteiger partial charge is 0.120 e. The molecule has 0 radical (unpaired) electrons. The van der Waals surface area contributed by atoms with Crippen LogP contribution in [-0.4, -0.2) is 11.2 Å². The normalized spacial score (nSPS) is 22.9. The van der Waals surface area contributed by atoms with E-state index < -0.39 is 0 Å². The SMILES string of the molecule is CCC1CCCCC1Oc1ccc2ccc(O)cc2c1. The van der Waals surface area contributed by atoms with Gasteiger partial charge in [-0.2, -0.15) is 0 Å². The van der Waals surface area contributed by atoms with Crippen LogP contribution in [-0.2, 0) is 0 Å². The maximum absolute atomic E-state index is 9.58. The first kappa shape index (κ1) is 13.3. The molecule has 1 aliphatic carbocycles. The second-order valence-corrected chi connectivity index (χ2v) is 5.80. The summed E-state index contributed by atoms with van der Waals surface area (Å²) >= 11 is 0. The van der Waals surface area contributed by atoms with E-state index >= 15 is 0 Å². The minimum Gasteiger partial charge on any atom is -0.508 e. The summed E-state index contributed by atoms with van der Waals surface area (Å²) < 4.78 is 6.23. The number of phenols is 1. The molecule has 20 heavy (non-hydrogen) atoms. The average molecular weight is 270 g/mol. The Bertz CT molecular complexity index is 591. The van der Waals surface area contributed by atoms with Crippen molar-refractivity contribution in [2.75, 3.05) is 0 Å². The van der Waals surface area contributed by atoms with Gasteiger partial charge in [-0.1, -0.05) is 25.5 Å². The zero-order valence-electron chi connectivity index (χ0n) is 12.0. The fourth-order valence-electron chi connectivity index (χ4n) is 3.26. The number of benzene rings is 2. The fourth-order valence-corrected chi connectivity index (χ4v) is 3.26. The Kier molecular flexibility index (Phi) is 3.81. The van der Waals surface area contributed by atoms with Crippen molar-refractivity contribution in [1.29, 1.82) is 0 Å². The van der Waals surface area contributed by atoms with E-state index in [9.17, 15) is 5.11 Å². The molecule has 0 spiro atoms. The molecule has 0 aliphatic heterocycles. The Labute approximate surface area is 120 Å². The maximum Gasteiger partial charge on any atom is 0.120 e. The Morgan fingerprint density at radius 1 is 1.05 bits per heavy atom. The summed E-state index contributed by atoms with van der Waals surface area (Å²) in [6.45, 7) is 2.25. The molecular formula is C18H22O2. The lowest BCUT2D eigenvalue weighted by molar-refractivity contribution is 0.0905. The predicted molar refractivity (Wildman–Crippen MR) is 82.3 cm³/mol. The molecule has 0 heterocycles. The summed E-state index contributed by atoms with van der Waals surface area (Å²) in [4.78, 5) is 0. The van der Waals surface area contributed by atoms with E-state index in [1.807, 2.05) is 18.2 Å². The molecule has 106 valence electrons. The third-order valence-corrected chi connectivity index (χ3v) is 4.45. The van der Waals surface area contributed by atoms with Crippen molar-refractivity contribution in [2.45, 2.75) is 45.1 Å². The lowest BCUT2D eigenvalue weighted by atomic mass is 9.85. The topological polar surface area (TPSA) is 29.5 Å². The third-order valence-electron chi connectivity index (χ3n) is 4.45. The number of ether oxygens (including phenoxy) is 1. The van der Waals surface area contributed by atoms with Crippen molar-refractivity contribution < 1.29 is 9.84 Å². The van der Waals surface area contributed by atoms with Gasteiger partial charge >= 0.3 is 0 Å². The van der Waals surface area contributed by atoms with Crippen molar-refractivity contribution in [3.63, 3.8) is 0 Å². The minimum atomic E-state index is 0.304. The average Bonchev–Trinajstić information content (AvgIpc) is 2.47. The van der Waals surface area contributed by atoms with E-state index in [4.69, 9.17) is 4.74 Å². The molecule has 2 nitrogen and oxygen atoms in total. The molecule has 0 saturated heterocycles. The number of phenolic OH excluding ortho intramolecular Hbond substituents is 1. The molecule has 2 atom stereocenters. The van der Waals surface area contributed by atoms with Crippen molar-refractivity contribution in [3.8, 4) is 11.5 Å². The molecule has 0 amide bonds. The first-order chi connectivity index (χ1) is 9.76. The van der Waals surface area contributed by atoms with E-state index in [1.165, 1.54) is 25.7 Å². The first-order valence-electron chi connectivity index (χ1n) is 7.65. The molecule has 2 unspecified atom stereocenters. The van der Waals surface area contributed by atoms with Gasteiger partial charge in [-0.15, -0.1) is 0 Å². The molecular weight excluding hydrogens is 248 g/mol. The zero-order chi connectivity index (χ0) is 13.9. The molecule has 1 saturated carbocycles. The molecule has 1 fully saturated rings. The van der Waals surface area contributed by atoms with Crippen LogP contribution in [0.15, 0.2) is 36.4 Å². The molecule has 0 bridgehead atoms. The summed E-state index contributed by atoms with van der Waals surface area (Å²) in [5.41, 5.74) is 0. The van der Waals surface area contributed by atoms with Crippen LogP contribution in [0.5, 0.6) is 11.5 Å². The van der Waals surface area contributed by atoms with Crippen LogP contribution in [0.1, 0.15) is 39.0 Å². The Hall–Kier alpha value is -1.70. The highest BCUT2D eigenvalue weighted by Crippen LogP contribution is 2.32. The van der Waals surface area contributed by atoms with Gasteiger partial charge in [0.15, 0.2) is 0 Å². The number of fused-ring (bicyclic) bond motifs is 1. The maximum atomic E-state index is 9.58. The van der Waals surface area contributed by atoms with Crippen LogP contribution < -0.4 is 4.74 Å². The van der Waals surface area contributed by atoms with Crippen molar-refractivity contribution in [1.82, 2.24) is 0 Å². The van der Waals surface area contributed by atoms with E-state index in [2.05, 4.69) is 13.0 Å². The van der Waals surface area contributed by atoms with Gasteiger partial charge in [0.1, 0.15) is 17.6 Å². The lowest BCUT2D eigenvalue weighted by Gasteiger charge is -2.31. The van der Waals surface area contributed by atoms with Crippen LogP contribution >= 0.6 is 0 Å². The van der Waals surface area contributed by atoms with E-state index in [0.717, 1.165) is 22.9 Å². The van der Waals surface area contributed by atoms with Crippen LogP contribution in [0, 0.1) is 5.92 Å². The quantitative estimate of drug-likeness (QED) is 0.860. The van der Waals surface area contributed by atoms with Gasteiger partial charge in [-0.05, 0) is 66.6 Å². The van der Waals surface area contributed by atoms with Gasteiger partial charge in [0, 0.05) is 0 Å². The van der Waals surface area contributed by atoms with Crippen LogP contribution in [0.25, 0.3) is 10.8 Å². The zero-order valence-corrected chi connectivity index (χ0v) is 12.0. The molecule has 0 aromatic heterocycles. The molecule has 2 heteroatoms. The highest BCUT2D eigenvalue weighted by Gasteiger charge is 2.25. The van der Waals surface area contributed by atoms with Crippen LogP contribution in [0.2, 0.25) is 0 Å². The van der Waals surface area contributed by atoms with Crippen LogP contribution in [0.4, 0.5) is 0 Å². The molecule has 1 N–H and O–H groups in total. The summed E-state index contributed by atoms with van der Waals surface area (Å²) in [7, 11) is 0. The number of aromatic hydroxyl groups is 1. The molecule has 2 aromatic rings. The number of hydrogen-bond donors (Lipinski definition) is 1. The second kappa shape index (κ2) is 5.74. The predicted octanol–water partition coefficient (Wildman–Crippen LogP) is 4.89. The Morgan fingerprint density at radius 3 is 2.70 bits per heavy atom. The standard InChI is InChI=1S/C18H22O2/c1-2-13-5-3-4-6-18(13)20-17-10-8-14-7-9-16(19)11-15(14)12-17/h7-13,18-19H,2-6H2,1H3. The largest absolute Gasteiger partial charge is 0.508 e. The lowest BCUT2D eigenvalue weighted by Crippen LogP contribution is -2.29. The van der Waals surface area contributed by atoms with Crippen LogP contribution in [0.3, 0.4) is 0 Å². The molecule has 2 aromatic carbocycles. The summed E-state index contributed by atoms with van der Waals surface area (Å²) in [5, 5.41) is 11.7. The highest BCUT2D eigenvalue weighted by molar-refractivity contribution is 5.85. The summed E-state index contributed by atoms with van der Waals surface area (Å²) in [5.74, 6) is 1.91. The van der Waals surface area contributed by atoms with Crippen molar-refractivity contribution in [2.24, 2.45) is 5.92 Å². The second-order valence-electron chi connectivity index (χ2n) is 5.80. The summed E-state index contributed by atoms with van der Waals surface area (Å²) in [6, 6.07) is 11.6. The Balaban J connectivity index is 1.82. The molecule has 1 aliphatic rings. The van der Waals surface area contributed by atoms with E-state index in [0.29, 0.717) is 17.8 Å².